The molecule has 1 aromatic rings. The smallest absolute Gasteiger partial charge is 0.335 e. The van der Waals surface area contributed by atoms with Gasteiger partial charge in [0.1, 0.15) is 5.82 Å². The van der Waals surface area contributed by atoms with Gasteiger partial charge in [-0.25, -0.2) is 9.18 Å². The highest BCUT2D eigenvalue weighted by Crippen LogP contribution is 2.38. The fraction of sp³-hybridized carbons (Fsp3) is 0.632. The summed E-state index contributed by atoms with van der Waals surface area (Å²) in [4.78, 5) is 13.3. The molecule has 0 saturated carbocycles. The standard InChI is InChI=1S/C19H26FNO5/c1-11-7-21(8-12(2)26-11)16-14(5-13(17(22)23)6-15(16)20)18-24-9-19(3,4)10-25-18/h5-6,11-12,18H,7-10H2,1-4H3,(H,22,23). The molecule has 0 radical (unpaired) electrons. The first kappa shape index (κ1) is 19.1. The van der Waals surface area contributed by atoms with E-state index in [4.69, 9.17) is 14.2 Å². The van der Waals surface area contributed by atoms with Gasteiger partial charge in [-0.15, -0.1) is 0 Å². The number of hydrogen-bond donors (Lipinski definition) is 1. The Labute approximate surface area is 152 Å². The summed E-state index contributed by atoms with van der Waals surface area (Å²) in [5, 5.41) is 9.32. The molecule has 144 valence electrons. The quantitative estimate of drug-likeness (QED) is 0.885. The number of carbonyl (C=O) groups is 1. The van der Waals surface area contributed by atoms with Crippen molar-refractivity contribution in [2.45, 2.75) is 46.2 Å². The summed E-state index contributed by atoms with van der Waals surface area (Å²) in [5.74, 6) is -1.77. The van der Waals surface area contributed by atoms with E-state index in [1.807, 2.05) is 32.6 Å². The number of hydrogen-bond acceptors (Lipinski definition) is 5. The normalized spacial score (nSPS) is 26.7. The molecule has 2 fully saturated rings. The van der Waals surface area contributed by atoms with E-state index in [0.29, 0.717) is 37.6 Å². The van der Waals surface area contributed by atoms with Crippen LogP contribution in [0.15, 0.2) is 12.1 Å². The highest BCUT2D eigenvalue weighted by atomic mass is 19.1. The van der Waals surface area contributed by atoms with Gasteiger partial charge in [0.25, 0.3) is 0 Å². The van der Waals surface area contributed by atoms with Crippen molar-refractivity contribution < 1.29 is 28.5 Å². The number of carboxylic acid groups (broad SMARTS) is 1. The van der Waals surface area contributed by atoms with Gasteiger partial charge in [-0.1, -0.05) is 13.8 Å². The van der Waals surface area contributed by atoms with Crippen LogP contribution < -0.4 is 4.90 Å². The topological polar surface area (TPSA) is 68.2 Å². The fourth-order valence-electron chi connectivity index (χ4n) is 3.49. The van der Waals surface area contributed by atoms with E-state index in [0.717, 1.165) is 6.07 Å². The van der Waals surface area contributed by atoms with E-state index in [1.54, 1.807) is 0 Å². The van der Waals surface area contributed by atoms with Gasteiger partial charge < -0.3 is 24.2 Å². The summed E-state index contributed by atoms with van der Waals surface area (Å²) in [5.41, 5.74) is 0.496. The molecule has 2 aliphatic rings. The molecule has 0 amide bonds. The maximum atomic E-state index is 15.0. The van der Waals surface area contributed by atoms with Crippen LogP contribution >= 0.6 is 0 Å². The van der Waals surface area contributed by atoms with Crippen LogP contribution in [0.4, 0.5) is 10.1 Å². The largest absolute Gasteiger partial charge is 0.478 e. The Balaban J connectivity index is 2.01. The summed E-state index contributed by atoms with van der Waals surface area (Å²) in [6.07, 6.45) is -0.908. The van der Waals surface area contributed by atoms with Gasteiger partial charge in [0.2, 0.25) is 0 Å². The number of aromatic carboxylic acids is 1. The Hall–Kier alpha value is -1.70. The predicted octanol–water partition coefficient (Wildman–Crippen LogP) is 3.21. The Morgan fingerprint density at radius 2 is 1.77 bits per heavy atom. The molecule has 6 nitrogen and oxygen atoms in total. The lowest BCUT2D eigenvalue weighted by Crippen LogP contribution is -2.46. The van der Waals surface area contributed by atoms with Crippen molar-refractivity contribution in [2.24, 2.45) is 5.41 Å². The molecule has 2 atom stereocenters. The third-order valence-corrected chi connectivity index (χ3v) is 4.58. The Bertz CT molecular complexity index is 673. The van der Waals surface area contributed by atoms with E-state index >= 15 is 0 Å². The molecule has 2 saturated heterocycles. The van der Waals surface area contributed by atoms with Gasteiger partial charge in [-0.3, -0.25) is 0 Å². The number of ether oxygens (including phenoxy) is 3. The monoisotopic (exact) mass is 367 g/mol. The molecule has 0 aliphatic carbocycles. The van der Waals surface area contributed by atoms with Crippen molar-refractivity contribution in [1.82, 2.24) is 0 Å². The van der Waals surface area contributed by atoms with Crippen LogP contribution in [0.3, 0.4) is 0 Å². The van der Waals surface area contributed by atoms with Crippen LogP contribution in [0.5, 0.6) is 0 Å². The fourth-order valence-corrected chi connectivity index (χ4v) is 3.49. The minimum Gasteiger partial charge on any atom is -0.478 e. The predicted molar refractivity (Wildman–Crippen MR) is 94.0 cm³/mol. The minimum atomic E-state index is -1.18. The molecule has 2 unspecified atom stereocenters. The number of benzene rings is 1. The first-order valence-corrected chi connectivity index (χ1v) is 8.86. The minimum absolute atomic E-state index is 0.0581. The third-order valence-electron chi connectivity index (χ3n) is 4.58. The molecule has 1 N–H and O–H groups in total. The van der Waals surface area contributed by atoms with E-state index in [1.165, 1.54) is 6.07 Å². The number of rotatable bonds is 3. The zero-order valence-electron chi connectivity index (χ0n) is 15.6. The molecule has 0 spiro atoms. The first-order chi connectivity index (χ1) is 12.2. The lowest BCUT2D eigenvalue weighted by atomic mass is 9.95. The van der Waals surface area contributed by atoms with Crippen LogP contribution in [0.1, 0.15) is 49.9 Å². The van der Waals surface area contributed by atoms with Crippen molar-refractivity contribution in [3.8, 4) is 0 Å². The number of morpholine rings is 1. The number of anilines is 1. The first-order valence-electron chi connectivity index (χ1n) is 8.86. The number of nitrogens with zero attached hydrogens (tertiary/aromatic N) is 1. The maximum Gasteiger partial charge on any atom is 0.335 e. The van der Waals surface area contributed by atoms with Crippen molar-refractivity contribution in [2.75, 3.05) is 31.2 Å². The molecule has 1 aromatic carbocycles. The van der Waals surface area contributed by atoms with Gasteiger partial charge in [0.15, 0.2) is 6.29 Å². The molecule has 0 aromatic heterocycles. The molecule has 0 bridgehead atoms. The van der Waals surface area contributed by atoms with Crippen LogP contribution in [-0.4, -0.2) is 49.6 Å². The molecule has 26 heavy (non-hydrogen) atoms. The average molecular weight is 367 g/mol. The number of halogens is 1. The lowest BCUT2D eigenvalue weighted by molar-refractivity contribution is -0.226. The van der Waals surface area contributed by atoms with E-state index in [-0.39, 0.29) is 23.2 Å². The molecule has 2 heterocycles. The van der Waals surface area contributed by atoms with Crippen molar-refractivity contribution in [3.05, 3.63) is 29.1 Å². The zero-order chi connectivity index (χ0) is 19.1. The molecule has 3 rings (SSSR count). The van der Waals surface area contributed by atoms with Gasteiger partial charge in [-0.05, 0) is 26.0 Å². The molecule has 7 heteroatoms. The van der Waals surface area contributed by atoms with Gasteiger partial charge in [0, 0.05) is 24.1 Å². The Kier molecular flexibility index (Phi) is 5.23. The summed E-state index contributed by atoms with van der Waals surface area (Å²) in [6.45, 7) is 9.83. The van der Waals surface area contributed by atoms with Gasteiger partial charge in [-0.2, -0.15) is 0 Å². The van der Waals surface area contributed by atoms with Gasteiger partial charge >= 0.3 is 5.97 Å². The highest BCUT2D eigenvalue weighted by molar-refractivity contribution is 5.88. The summed E-state index contributed by atoms with van der Waals surface area (Å²) < 4.78 is 32.3. The Morgan fingerprint density at radius 1 is 1.19 bits per heavy atom. The second-order valence-electron chi connectivity index (χ2n) is 7.98. The second kappa shape index (κ2) is 7.13. The van der Waals surface area contributed by atoms with E-state index in [9.17, 15) is 14.3 Å². The summed E-state index contributed by atoms with van der Waals surface area (Å²) >= 11 is 0. The molecular formula is C19H26FNO5. The Morgan fingerprint density at radius 3 is 2.31 bits per heavy atom. The van der Waals surface area contributed by atoms with Crippen LogP contribution in [0, 0.1) is 11.2 Å². The van der Waals surface area contributed by atoms with Crippen LogP contribution in [0.25, 0.3) is 0 Å². The average Bonchev–Trinajstić information content (AvgIpc) is 2.53. The zero-order valence-corrected chi connectivity index (χ0v) is 15.6. The number of carboxylic acids is 1. The van der Waals surface area contributed by atoms with Crippen molar-refractivity contribution >= 4 is 11.7 Å². The highest BCUT2D eigenvalue weighted by Gasteiger charge is 2.34. The van der Waals surface area contributed by atoms with Crippen molar-refractivity contribution in [3.63, 3.8) is 0 Å². The SMILES string of the molecule is CC1CN(c2c(F)cc(C(=O)O)cc2C2OCC(C)(C)CO2)CC(C)O1. The van der Waals surface area contributed by atoms with Crippen LogP contribution in [-0.2, 0) is 14.2 Å². The third kappa shape index (κ3) is 4.00. The molecule has 2 aliphatic heterocycles. The molecular weight excluding hydrogens is 341 g/mol. The summed E-state index contributed by atoms with van der Waals surface area (Å²) in [7, 11) is 0. The van der Waals surface area contributed by atoms with Gasteiger partial charge in [0.05, 0.1) is 36.7 Å². The maximum absolute atomic E-state index is 15.0. The second-order valence-corrected chi connectivity index (χ2v) is 7.98. The van der Waals surface area contributed by atoms with Crippen molar-refractivity contribution in [1.29, 1.82) is 0 Å². The van der Waals surface area contributed by atoms with Crippen LogP contribution in [0.2, 0.25) is 0 Å². The lowest BCUT2D eigenvalue weighted by Gasteiger charge is -2.40. The summed E-state index contributed by atoms with van der Waals surface area (Å²) in [6, 6.07) is 2.51. The van der Waals surface area contributed by atoms with E-state index < -0.39 is 18.1 Å². The van der Waals surface area contributed by atoms with E-state index in [2.05, 4.69) is 0 Å².